The molecular formula is C14H21BClNO4. The SMILES string of the molecule is COC(OC)c1c(B2OC(C)(C)C(C)(C)O2)ccnc1Cl. The standard InChI is InChI=1S/C14H21BClNO4/c1-13(2)14(3,4)21-15(20-13)9-7-8-17-11(16)10(9)12(18-5)19-6/h7-8,12H,1-6H3. The summed E-state index contributed by atoms with van der Waals surface area (Å²) in [6.07, 6.45) is 0.995. The topological polar surface area (TPSA) is 49.8 Å². The summed E-state index contributed by atoms with van der Waals surface area (Å²) < 4.78 is 22.8. The van der Waals surface area contributed by atoms with Crippen LogP contribution < -0.4 is 5.46 Å². The normalized spacial score (nSPS) is 20.3. The number of ether oxygens (including phenoxy) is 2. The van der Waals surface area contributed by atoms with Gasteiger partial charge in [-0.15, -0.1) is 0 Å². The smallest absolute Gasteiger partial charge is 0.399 e. The summed E-state index contributed by atoms with van der Waals surface area (Å²) in [7, 11) is 2.55. The zero-order chi connectivity index (χ0) is 15.8. The number of rotatable bonds is 4. The highest BCUT2D eigenvalue weighted by Gasteiger charge is 2.52. The Kier molecular flexibility index (Phi) is 4.66. The molecule has 0 atom stereocenters. The van der Waals surface area contributed by atoms with E-state index in [0.717, 1.165) is 5.46 Å². The van der Waals surface area contributed by atoms with E-state index in [2.05, 4.69) is 4.98 Å². The number of hydrogen-bond donors (Lipinski definition) is 0. The molecule has 0 amide bonds. The fourth-order valence-corrected chi connectivity index (χ4v) is 2.46. The van der Waals surface area contributed by atoms with Gasteiger partial charge in [0.15, 0.2) is 6.29 Å². The third-order valence-electron chi connectivity index (χ3n) is 4.15. The molecule has 7 heteroatoms. The van der Waals surface area contributed by atoms with Crippen LogP contribution >= 0.6 is 11.6 Å². The molecule has 0 aromatic carbocycles. The Morgan fingerprint density at radius 3 is 2.14 bits per heavy atom. The van der Waals surface area contributed by atoms with Crippen molar-refractivity contribution in [1.82, 2.24) is 4.98 Å². The van der Waals surface area contributed by atoms with Gasteiger partial charge in [0.25, 0.3) is 0 Å². The zero-order valence-corrected chi connectivity index (χ0v) is 14.0. The van der Waals surface area contributed by atoms with E-state index < -0.39 is 24.6 Å². The van der Waals surface area contributed by atoms with Crippen molar-refractivity contribution in [2.45, 2.75) is 45.2 Å². The quantitative estimate of drug-likeness (QED) is 0.485. The molecule has 2 rings (SSSR count). The Labute approximate surface area is 131 Å². The van der Waals surface area contributed by atoms with Gasteiger partial charge < -0.3 is 18.8 Å². The van der Waals surface area contributed by atoms with Crippen LogP contribution in [0.4, 0.5) is 0 Å². The van der Waals surface area contributed by atoms with Gasteiger partial charge in [-0.25, -0.2) is 4.98 Å². The largest absolute Gasteiger partial charge is 0.495 e. The van der Waals surface area contributed by atoms with Crippen molar-refractivity contribution in [3.05, 3.63) is 23.0 Å². The molecule has 1 saturated heterocycles. The van der Waals surface area contributed by atoms with E-state index in [-0.39, 0.29) is 0 Å². The van der Waals surface area contributed by atoms with E-state index >= 15 is 0 Å². The van der Waals surface area contributed by atoms with Gasteiger partial charge in [0, 0.05) is 26.0 Å². The number of pyridine rings is 1. The lowest BCUT2D eigenvalue weighted by Gasteiger charge is -2.32. The molecule has 0 radical (unpaired) electrons. The predicted octanol–water partition coefficient (Wildman–Crippen LogP) is 2.33. The number of hydrogen-bond acceptors (Lipinski definition) is 5. The van der Waals surface area contributed by atoms with Gasteiger partial charge in [-0.2, -0.15) is 0 Å². The summed E-state index contributed by atoms with van der Waals surface area (Å²) >= 11 is 6.22. The molecule has 1 aromatic heterocycles. The van der Waals surface area contributed by atoms with Gasteiger partial charge in [0.1, 0.15) is 5.15 Å². The lowest BCUT2D eigenvalue weighted by Crippen LogP contribution is -2.41. The molecule has 0 aliphatic carbocycles. The fourth-order valence-electron chi connectivity index (χ4n) is 2.20. The van der Waals surface area contributed by atoms with Crippen LogP contribution in [0.3, 0.4) is 0 Å². The van der Waals surface area contributed by atoms with Gasteiger partial charge in [0.05, 0.1) is 11.2 Å². The molecule has 0 spiro atoms. The van der Waals surface area contributed by atoms with Crippen LogP contribution in [0.2, 0.25) is 5.15 Å². The molecule has 116 valence electrons. The first-order valence-electron chi connectivity index (χ1n) is 6.79. The van der Waals surface area contributed by atoms with E-state index in [0.29, 0.717) is 10.7 Å². The lowest BCUT2D eigenvalue weighted by atomic mass is 9.76. The van der Waals surface area contributed by atoms with E-state index in [1.165, 1.54) is 0 Å². The monoisotopic (exact) mass is 313 g/mol. The van der Waals surface area contributed by atoms with Crippen molar-refractivity contribution >= 4 is 24.2 Å². The first kappa shape index (κ1) is 16.7. The molecule has 0 bridgehead atoms. The summed E-state index contributed by atoms with van der Waals surface area (Å²) in [5, 5.41) is 0.316. The number of halogens is 1. The molecule has 21 heavy (non-hydrogen) atoms. The molecule has 1 fully saturated rings. The molecule has 0 unspecified atom stereocenters. The molecule has 0 N–H and O–H groups in total. The molecule has 2 heterocycles. The fraction of sp³-hybridized carbons (Fsp3) is 0.643. The van der Waals surface area contributed by atoms with Crippen LogP contribution in [0, 0.1) is 0 Å². The minimum absolute atomic E-state index is 0.316. The van der Waals surface area contributed by atoms with E-state index in [4.69, 9.17) is 30.4 Å². The third-order valence-corrected chi connectivity index (χ3v) is 4.45. The molecule has 5 nitrogen and oxygen atoms in total. The van der Waals surface area contributed by atoms with Gasteiger partial charge in [0.2, 0.25) is 0 Å². The average molecular weight is 314 g/mol. The van der Waals surface area contributed by atoms with Crippen LogP contribution in [0.25, 0.3) is 0 Å². The zero-order valence-electron chi connectivity index (χ0n) is 13.3. The van der Waals surface area contributed by atoms with Crippen molar-refractivity contribution < 1.29 is 18.8 Å². The maximum atomic E-state index is 6.22. The lowest BCUT2D eigenvalue weighted by molar-refractivity contribution is -0.105. The van der Waals surface area contributed by atoms with Crippen molar-refractivity contribution in [1.29, 1.82) is 0 Å². The van der Waals surface area contributed by atoms with Crippen LogP contribution in [0.1, 0.15) is 39.5 Å². The maximum Gasteiger partial charge on any atom is 0.495 e. The van der Waals surface area contributed by atoms with Crippen molar-refractivity contribution in [2.24, 2.45) is 0 Å². The average Bonchev–Trinajstić information content (AvgIpc) is 2.61. The van der Waals surface area contributed by atoms with Crippen molar-refractivity contribution in [3.8, 4) is 0 Å². The highest BCUT2D eigenvalue weighted by molar-refractivity contribution is 6.63. The van der Waals surface area contributed by atoms with Crippen molar-refractivity contribution in [3.63, 3.8) is 0 Å². The van der Waals surface area contributed by atoms with Gasteiger partial charge in [-0.05, 0) is 39.2 Å². The van der Waals surface area contributed by atoms with E-state index in [1.54, 1.807) is 20.4 Å². The van der Waals surface area contributed by atoms with Gasteiger partial charge in [-0.3, -0.25) is 0 Å². The van der Waals surface area contributed by atoms with Gasteiger partial charge >= 0.3 is 7.12 Å². The Morgan fingerprint density at radius 1 is 1.14 bits per heavy atom. The Balaban J connectivity index is 2.44. The van der Waals surface area contributed by atoms with Gasteiger partial charge in [-0.1, -0.05) is 11.6 Å². The second-order valence-electron chi connectivity index (χ2n) is 6.00. The highest BCUT2D eigenvalue weighted by Crippen LogP contribution is 2.37. The molecule has 1 aromatic rings. The number of methoxy groups -OCH3 is 2. The summed E-state index contributed by atoms with van der Waals surface area (Å²) in [6, 6.07) is 1.81. The summed E-state index contributed by atoms with van der Waals surface area (Å²) in [4.78, 5) is 4.10. The number of aromatic nitrogens is 1. The summed E-state index contributed by atoms with van der Waals surface area (Å²) in [6.45, 7) is 8.00. The van der Waals surface area contributed by atoms with E-state index in [9.17, 15) is 0 Å². The van der Waals surface area contributed by atoms with Crippen LogP contribution in [0.15, 0.2) is 12.3 Å². The van der Waals surface area contributed by atoms with E-state index in [1.807, 2.05) is 33.8 Å². The third kappa shape index (κ3) is 2.96. The molecule has 0 saturated carbocycles. The van der Waals surface area contributed by atoms with Crippen LogP contribution in [-0.2, 0) is 18.8 Å². The summed E-state index contributed by atoms with van der Waals surface area (Å²) in [5.41, 5.74) is 0.533. The van der Waals surface area contributed by atoms with Crippen LogP contribution in [0.5, 0.6) is 0 Å². The Bertz CT molecular complexity index is 504. The van der Waals surface area contributed by atoms with Crippen LogP contribution in [-0.4, -0.2) is 37.5 Å². The predicted molar refractivity (Wildman–Crippen MR) is 81.7 cm³/mol. The molecule has 1 aliphatic heterocycles. The molecular weight excluding hydrogens is 292 g/mol. The minimum Gasteiger partial charge on any atom is -0.399 e. The first-order chi connectivity index (χ1) is 9.73. The second-order valence-corrected chi connectivity index (χ2v) is 6.35. The second kappa shape index (κ2) is 5.86. The highest BCUT2D eigenvalue weighted by atomic mass is 35.5. The summed E-state index contributed by atoms with van der Waals surface area (Å²) in [5.74, 6) is 0. The number of nitrogens with zero attached hydrogens (tertiary/aromatic N) is 1. The molecule has 1 aliphatic rings. The first-order valence-corrected chi connectivity index (χ1v) is 7.17. The Hall–Kier alpha value is -0.655. The maximum absolute atomic E-state index is 6.22. The Morgan fingerprint density at radius 2 is 1.67 bits per heavy atom. The minimum atomic E-state index is -0.625. The van der Waals surface area contributed by atoms with Crippen molar-refractivity contribution in [2.75, 3.05) is 14.2 Å².